The molecule has 17 heavy (non-hydrogen) atoms. The van der Waals surface area contributed by atoms with E-state index in [2.05, 4.69) is 5.32 Å². The number of ether oxygens (including phenoxy) is 2. The van der Waals surface area contributed by atoms with Crippen LogP contribution < -0.4 is 11.1 Å². The van der Waals surface area contributed by atoms with E-state index in [9.17, 15) is 4.79 Å². The summed E-state index contributed by atoms with van der Waals surface area (Å²) in [6.07, 6.45) is 1.65. The van der Waals surface area contributed by atoms with Gasteiger partial charge >= 0.3 is 0 Å². The van der Waals surface area contributed by atoms with E-state index in [-0.39, 0.29) is 24.7 Å². The molecule has 0 spiro atoms. The molecule has 1 rings (SSSR count). The second-order valence-corrected chi connectivity index (χ2v) is 4.23. The molecule has 4 N–H and O–H groups in total. The number of aliphatic hydroxyl groups excluding tert-OH is 1. The Hall–Kier alpha value is -0.690. The molecule has 0 saturated carbocycles. The van der Waals surface area contributed by atoms with Crippen LogP contribution in [0, 0.1) is 0 Å². The summed E-state index contributed by atoms with van der Waals surface area (Å²) >= 11 is 0. The van der Waals surface area contributed by atoms with Gasteiger partial charge in [-0.05, 0) is 19.3 Å². The quantitative estimate of drug-likeness (QED) is 0.536. The van der Waals surface area contributed by atoms with Gasteiger partial charge in [-0.3, -0.25) is 4.79 Å². The maximum atomic E-state index is 11.8. The van der Waals surface area contributed by atoms with E-state index in [1.54, 1.807) is 7.11 Å². The smallest absolute Gasteiger partial charge is 0.249 e. The Morgan fingerprint density at radius 2 is 2.41 bits per heavy atom. The van der Waals surface area contributed by atoms with Crippen molar-refractivity contribution in [2.24, 2.45) is 5.73 Å². The lowest BCUT2D eigenvalue weighted by Gasteiger charge is -2.19. The van der Waals surface area contributed by atoms with Crippen LogP contribution in [0.25, 0.3) is 0 Å². The summed E-state index contributed by atoms with van der Waals surface area (Å²) in [6, 6.07) is -0.275. The lowest BCUT2D eigenvalue weighted by atomic mass is 10.1. The van der Waals surface area contributed by atoms with Gasteiger partial charge in [0, 0.05) is 20.3 Å². The zero-order chi connectivity index (χ0) is 12.7. The molecule has 1 fully saturated rings. The first-order valence-corrected chi connectivity index (χ1v) is 5.97. The lowest BCUT2D eigenvalue weighted by Crippen LogP contribution is -2.44. The number of hydrogen-bond acceptors (Lipinski definition) is 5. The maximum absolute atomic E-state index is 11.8. The number of carbonyl (C=O) groups excluding carboxylic acids is 1. The van der Waals surface area contributed by atoms with Crippen molar-refractivity contribution in [1.82, 2.24) is 5.32 Å². The molecule has 1 aliphatic heterocycles. The van der Waals surface area contributed by atoms with E-state index in [1.165, 1.54) is 0 Å². The molecule has 100 valence electrons. The standard InChI is InChI=1S/C11H22N2O4/c1-16-5-4-8(7-14)13-11(15)10-3-2-9(6-12)17-10/h8-10,14H,2-7,12H2,1H3,(H,13,15). The highest BCUT2D eigenvalue weighted by Gasteiger charge is 2.30. The van der Waals surface area contributed by atoms with Crippen LogP contribution in [0.3, 0.4) is 0 Å². The zero-order valence-corrected chi connectivity index (χ0v) is 10.2. The average Bonchev–Trinajstić information content (AvgIpc) is 2.83. The molecule has 1 aliphatic rings. The number of nitrogens with one attached hydrogen (secondary N) is 1. The summed E-state index contributed by atoms with van der Waals surface area (Å²) in [5.41, 5.74) is 5.48. The van der Waals surface area contributed by atoms with Gasteiger partial charge in [0.1, 0.15) is 6.10 Å². The Labute approximate surface area is 101 Å². The van der Waals surface area contributed by atoms with Gasteiger partial charge in [-0.15, -0.1) is 0 Å². The van der Waals surface area contributed by atoms with Gasteiger partial charge in [-0.1, -0.05) is 0 Å². The predicted molar refractivity (Wildman–Crippen MR) is 62.5 cm³/mol. The van der Waals surface area contributed by atoms with Crippen LogP contribution in [-0.4, -0.2) is 56.1 Å². The Morgan fingerprint density at radius 3 is 2.94 bits per heavy atom. The molecule has 6 heteroatoms. The highest BCUT2D eigenvalue weighted by molar-refractivity contribution is 5.81. The summed E-state index contributed by atoms with van der Waals surface area (Å²) in [5.74, 6) is -0.170. The van der Waals surface area contributed by atoms with Crippen molar-refractivity contribution < 1.29 is 19.4 Å². The van der Waals surface area contributed by atoms with Crippen molar-refractivity contribution >= 4 is 5.91 Å². The maximum Gasteiger partial charge on any atom is 0.249 e. The Balaban J connectivity index is 2.32. The van der Waals surface area contributed by atoms with E-state index in [0.29, 0.717) is 26.0 Å². The fourth-order valence-electron chi connectivity index (χ4n) is 1.84. The Kier molecular flexibility index (Phi) is 6.43. The first-order chi connectivity index (χ1) is 8.21. The summed E-state index contributed by atoms with van der Waals surface area (Å²) in [4.78, 5) is 11.8. The summed E-state index contributed by atoms with van der Waals surface area (Å²) < 4.78 is 10.4. The molecular formula is C11H22N2O4. The molecule has 1 saturated heterocycles. The predicted octanol–water partition coefficient (Wildman–Crippen LogP) is -0.994. The number of rotatable bonds is 7. The van der Waals surface area contributed by atoms with Crippen molar-refractivity contribution in [2.45, 2.75) is 37.5 Å². The number of hydrogen-bond donors (Lipinski definition) is 3. The lowest BCUT2D eigenvalue weighted by molar-refractivity contribution is -0.133. The van der Waals surface area contributed by atoms with Gasteiger partial charge in [-0.2, -0.15) is 0 Å². The van der Waals surface area contributed by atoms with Gasteiger partial charge in [-0.25, -0.2) is 0 Å². The topological polar surface area (TPSA) is 93.8 Å². The average molecular weight is 246 g/mol. The Bertz CT molecular complexity index is 238. The normalized spacial score (nSPS) is 25.8. The number of amides is 1. The minimum atomic E-state index is -0.430. The van der Waals surface area contributed by atoms with E-state index in [4.69, 9.17) is 20.3 Å². The van der Waals surface area contributed by atoms with Crippen LogP contribution in [0.5, 0.6) is 0 Å². The fraction of sp³-hybridized carbons (Fsp3) is 0.909. The van der Waals surface area contributed by atoms with Crippen LogP contribution in [0.4, 0.5) is 0 Å². The summed E-state index contributed by atoms with van der Waals surface area (Å²) in [5, 5.41) is 11.9. The van der Waals surface area contributed by atoms with Gasteiger partial charge in [0.15, 0.2) is 0 Å². The highest BCUT2D eigenvalue weighted by atomic mass is 16.5. The third-order valence-corrected chi connectivity index (χ3v) is 2.90. The van der Waals surface area contributed by atoms with Crippen molar-refractivity contribution in [3.05, 3.63) is 0 Å². The number of nitrogens with two attached hydrogens (primary N) is 1. The second kappa shape index (κ2) is 7.60. The first kappa shape index (κ1) is 14.4. The van der Waals surface area contributed by atoms with Crippen molar-refractivity contribution in [3.63, 3.8) is 0 Å². The van der Waals surface area contributed by atoms with Gasteiger partial charge in [0.2, 0.25) is 5.91 Å². The SMILES string of the molecule is COCCC(CO)NC(=O)C1CCC(CN)O1. The molecule has 0 aliphatic carbocycles. The van der Waals surface area contributed by atoms with Crippen LogP contribution in [-0.2, 0) is 14.3 Å². The van der Waals surface area contributed by atoms with E-state index < -0.39 is 6.10 Å². The van der Waals surface area contributed by atoms with Crippen LogP contribution in [0.15, 0.2) is 0 Å². The highest BCUT2D eigenvalue weighted by Crippen LogP contribution is 2.19. The van der Waals surface area contributed by atoms with Gasteiger partial charge in [0.05, 0.1) is 18.8 Å². The fourth-order valence-corrected chi connectivity index (χ4v) is 1.84. The molecule has 0 radical (unpaired) electrons. The molecule has 0 aromatic carbocycles. The van der Waals surface area contributed by atoms with Crippen molar-refractivity contribution in [1.29, 1.82) is 0 Å². The number of aliphatic hydroxyl groups is 1. The molecule has 0 aromatic heterocycles. The zero-order valence-electron chi connectivity index (χ0n) is 10.2. The molecule has 0 aromatic rings. The molecule has 3 unspecified atom stereocenters. The molecular weight excluding hydrogens is 224 g/mol. The molecule has 3 atom stereocenters. The minimum Gasteiger partial charge on any atom is -0.394 e. The molecule has 6 nitrogen and oxygen atoms in total. The largest absolute Gasteiger partial charge is 0.394 e. The third kappa shape index (κ3) is 4.59. The third-order valence-electron chi connectivity index (χ3n) is 2.90. The number of methoxy groups -OCH3 is 1. The van der Waals surface area contributed by atoms with Crippen molar-refractivity contribution in [2.75, 3.05) is 26.9 Å². The molecule has 0 bridgehead atoms. The molecule has 1 heterocycles. The number of carbonyl (C=O) groups is 1. The van der Waals surface area contributed by atoms with Gasteiger partial charge in [0.25, 0.3) is 0 Å². The Morgan fingerprint density at radius 1 is 1.65 bits per heavy atom. The minimum absolute atomic E-state index is 0.0164. The summed E-state index contributed by atoms with van der Waals surface area (Å²) in [6.45, 7) is 0.849. The van der Waals surface area contributed by atoms with Gasteiger partial charge < -0.3 is 25.6 Å². The molecule has 1 amide bonds. The second-order valence-electron chi connectivity index (χ2n) is 4.23. The van der Waals surface area contributed by atoms with E-state index >= 15 is 0 Å². The summed E-state index contributed by atoms with van der Waals surface area (Å²) in [7, 11) is 1.59. The van der Waals surface area contributed by atoms with E-state index in [0.717, 1.165) is 6.42 Å². The van der Waals surface area contributed by atoms with Crippen molar-refractivity contribution in [3.8, 4) is 0 Å². The van der Waals surface area contributed by atoms with Crippen LogP contribution in [0.1, 0.15) is 19.3 Å². The monoisotopic (exact) mass is 246 g/mol. The first-order valence-electron chi connectivity index (χ1n) is 5.97. The van der Waals surface area contributed by atoms with Crippen LogP contribution in [0.2, 0.25) is 0 Å². The van der Waals surface area contributed by atoms with E-state index in [1.807, 2.05) is 0 Å². The van der Waals surface area contributed by atoms with Crippen LogP contribution >= 0.6 is 0 Å².